The standard InChI is InChI=1S/C21H25ClN2O3S/c1-17-8-10-20(11-9-17)28(26,27)24(15-18-6-5-7-19(22)14-18)16-21(25)23-12-3-2-4-13-23/h5-11,14H,2-4,12-13,15-16H2,1H3. The lowest BCUT2D eigenvalue weighted by atomic mass is 10.1. The molecule has 0 saturated carbocycles. The highest BCUT2D eigenvalue weighted by Crippen LogP contribution is 2.21. The Balaban J connectivity index is 1.88. The van der Waals surface area contributed by atoms with Gasteiger partial charge in [-0.25, -0.2) is 8.42 Å². The molecule has 1 aliphatic heterocycles. The van der Waals surface area contributed by atoms with E-state index in [1.54, 1.807) is 47.4 Å². The van der Waals surface area contributed by atoms with Gasteiger partial charge in [0.05, 0.1) is 11.4 Å². The van der Waals surface area contributed by atoms with Gasteiger partial charge in [-0.3, -0.25) is 4.79 Å². The van der Waals surface area contributed by atoms with Crippen molar-refractivity contribution in [3.05, 3.63) is 64.7 Å². The SMILES string of the molecule is Cc1ccc(S(=O)(=O)N(CC(=O)N2CCCCC2)Cc2cccc(Cl)c2)cc1. The molecule has 0 unspecified atom stereocenters. The van der Waals surface area contributed by atoms with Gasteiger partial charge in [-0.05, 0) is 56.0 Å². The molecule has 0 N–H and O–H groups in total. The monoisotopic (exact) mass is 420 g/mol. The lowest BCUT2D eigenvalue weighted by Crippen LogP contribution is -2.44. The minimum absolute atomic E-state index is 0.0936. The zero-order valence-corrected chi connectivity index (χ0v) is 17.5. The van der Waals surface area contributed by atoms with E-state index in [9.17, 15) is 13.2 Å². The van der Waals surface area contributed by atoms with Gasteiger partial charge in [-0.15, -0.1) is 0 Å². The molecule has 2 aromatic rings. The normalized spacial score (nSPS) is 15.0. The number of hydrogen-bond donors (Lipinski definition) is 0. The third-order valence-corrected chi connectivity index (χ3v) is 6.97. The van der Waals surface area contributed by atoms with Crippen LogP contribution >= 0.6 is 11.6 Å². The maximum Gasteiger partial charge on any atom is 0.243 e. The van der Waals surface area contributed by atoms with E-state index in [4.69, 9.17) is 11.6 Å². The molecular weight excluding hydrogens is 396 g/mol. The molecule has 7 heteroatoms. The van der Waals surface area contributed by atoms with Crippen molar-refractivity contribution in [3.8, 4) is 0 Å². The summed E-state index contributed by atoms with van der Waals surface area (Å²) >= 11 is 6.06. The predicted octanol–water partition coefficient (Wildman–Crippen LogP) is 3.85. The molecule has 0 bridgehead atoms. The molecular formula is C21H25ClN2O3S. The minimum atomic E-state index is -3.82. The van der Waals surface area contributed by atoms with E-state index in [1.807, 2.05) is 13.0 Å². The number of carbonyl (C=O) groups is 1. The highest BCUT2D eigenvalue weighted by atomic mass is 35.5. The maximum atomic E-state index is 13.3. The van der Waals surface area contributed by atoms with Crippen LogP contribution in [-0.4, -0.2) is 43.2 Å². The summed E-state index contributed by atoms with van der Waals surface area (Å²) in [6.07, 6.45) is 3.03. The van der Waals surface area contributed by atoms with Crippen LogP contribution in [0.5, 0.6) is 0 Å². The van der Waals surface area contributed by atoms with Crippen molar-refractivity contribution in [2.45, 2.75) is 37.6 Å². The molecule has 0 atom stereocenters. The number of halogens is 1. The topological polar surface area (TPSA) is 57.7 Å². The van der Waals surface area contributed by atoms with E-state index in [1.165, 1.54) is 4.31 Å². The fourth-order valence-electron chi connectivity index (χ4n) is 3.32. The summed E-state index contributed by atoms with van der Waals surface area (Å²) in [6.45, 7) is 3.20. The largest absolute Gasteiger partial charge is 0.342 e. The predicted molar refractivity (Wildman–Crippen MR) is 111 cm³/mol. The fraction of sp³-hybridized carbons (Fsp3) is 0.381. The molecule has 0 aromatic heterocycles. The van der Waals surface area contributed by atoms with E-state index in [0.29, 0.717) is 18.1 Å². The molecule has 1 amide bonds. The van der Waals surface area contributed by atoms with Gasteiger partial charge in [-0.2, -0.15) is 4.31 Å². The molecule has 3 rings (SSSR count). The molecule has 2 aromatic carbocycles. The van der Waals surface area contributed by atoms with Crippen molar-refractivity contribution in [3.63, 3.8) is 0 Å². The van der Waals surface area contributed by atoms with Gasteiger partial charge >= 0.3 is 0 Å². The van der Waals surface area contributed by atoms with Crippen LogP contribution in [0.3, 0.4) is 0 Å². The van der Waals surface area contributed by atoms with E-state index in [0.717, 1.165) is 30.4 Å². The zero-order valence-electron chi connectivity index (χ0n) is 16.0. The van der Waals surface area contributed by atoms with Crippen molar-refractivity contribution in [2.24, 2.45) is 0 Å². The van der Waals surface area contributed by atoms with E-state index in [-0.39, 0.29) is 23.9 Å². The third-order valence-electron chi connectivity index (χ3n) is 4.93. The number of amides is 1. The average molecular weight is 421 g/mol. The second-order valence-electron chi connectivity index (χ2n) is 7.16. The van der Waals surface area contributed by atoms with E-state index >= 15 is 0 Å². The van der Waals surface area contributed by atoms with E-state index < -0.39 is 10.0 Å². The van der Waals surface area contributed by atoms with Crippen LogP contribution in [0.25, 0.3) is 0 Å². The average Bonchev–Trinajstić information content (AvgIpc) is 2.68. The Morgan fingerprint density at radius 1 is 1.07 bits per heavy atom. The Kier molecular flexibility index (Phi) is 6.75. The van der Waals surface area contributed by atoms with Crippen LogP contribution < -0.4 is 0 Å². The lowest BCUT2D eigenvalue weighted by molar-refractivity contribution is -0.132. The van der Waals surface area contributed by atoms with Crippen LogP contribution in [0, 0.1) is 6.92 Å². The first-order valence-corrected chi connectivity index (χ1v) is 11.3. The number of aryl methyl sites for hydroxylation is 1. The zero-order chi connectivity index (χ0) is 20.1. The first-order chi connectivity index (χ1) is 13.4. The number of likely N-dealkylation sites (tertiary alicyclic amines) is 1. The van der Waals surface area contributed by atoms with Gasteiger partial charge in [0, 0.05) is 24.7 Å². The van der Waals surface area contributed by atoms with Crippen LogP contribution in [-0.2, 0) is 21.4 Å². The Bertz CT molecular complexity index is 923. The number of carbonyl (C=O) groups excluding carboxylic acids is 1. The molecule has 0 radical (unpaired) electrons. The molecule has 1 saturated heterocycles. The second kappa shape index (κ2) is 9.07. The minimum Gasteiger partial charge on any atom is -0.342 e. The summed E-state index contributed by atoms with van der Waals surface area (Å²) in [5, 5.41) is 0.535. The lowest BCUT2D eigenvalue weighted by Gasteiger charge is -2.29. The molecule has 1 aliphatic rings. The van der Waals surface area contributed by atoms with Crippen molar-refractivity contribution >= 4 is 27.5 Å². The number of piperidine rings is 1. The van der Waals surface area contributed by atoms with Crippen molar-refractivity contribution in [1.29, 1.82) is 0 Å². The molecule has 5 nitrogen and oxygen atoms in total. The fourth-order valence-corrected chi connectivity index (χ4v) is 4.91. The Labute approximate surface area is 172 Å². The number of sulfonamides is 1. The van der Waals surface area contributed by atoms with Gasteiger partial charge in [-0.1, -0.05) is 41.4 Å². The number of hydrogen-bond acceptors (Lipinski definition) is 3. The second-order valence-corrected chi connectivity index (χ2v) is 9.53. The third kappa shape index (κ3) is 5.13. The van der Waals surface area contributed by atoms with Gasteiger partial charge in [0.25, 0.3) is 0 Å². The van der Waals surface area contributed by atoms with Gasteiger partial charge in [0.1, 0.15) is 0 Å². The number of rotatable bonds is 6. The summed E-state index contributed by atoms with van der Waals surface area (Å²) in [5.41, 5.74) is 1.72. The maximum absolute atomic E-state index is 13.3. The molecule has 1 heterocycles. The molecule has 150 valence electrons. The summed E-state index contributed by atoms with van der Waals surface area (Å²) < 4.78 is 27.8. The first-order valence-electron chi connectivity index (χ1n) is 9.45. The van der Waals surface area contributed by atoms with Crippen LogP contribution in [0.2, 0.25) is 5.02 Å². The summed E-state index contributed by atoms with van der Waals surface area (Å²) in [6, 6.07) is 13.7. The Morgan fingerprint density at radius 3 is 2.39 bits per heavy atom. The first kappa shape index (κ1) is 20.8. The van der Waals surface area contributed by atoms with Crippen molar-refractivity contribution in [1.82, 2.24) is 9.21 Å². The van der Waals surface area contributed by atoms with Gasteiger partial charge in [0.15, 0.2) is 0 Å². The Hall–Kier alpha value is -1.89. The van der Waals surface area contributed by atoms with Gasteiger partial charge < -0.3 is 4.90 Å². The number of benzene rings is 2. The molecule has 0 spiro atoms. The van der Waals surface area contributed by atoms with E-state index in [2.05, 4.69) is 0 Å². The quantitative estimate of drug-likeness (QED) is 0.713. The summed E-state index contributed by atoms with van der Waals surface area (Å²) in [4.78, 5) is 14.7. The summed E-state index contributed by atoms with van der Waals surface area (Å²) in [5.74, 6) is -0.155. The smallest absolute Gasteiger partial charge is 0.243 e. The molecule has 1 fully saturated rings. The highest BCUT2D eigenvalue weighted by molar-refractivity contribution is 7.89. The molecule has 0 aliphatic carbocycles. The highest BCUT2D eigenvalue weighted by Gasteiger charge is 2.29. The molecule has 28 heavy (non-hydrogen) atoms. The van der Waals surface area contributed by atoms with Crippen LogP contribution in [0.1, 0.15) is 30.4 Å². The number of nitrogens with zero attached hydrogens (tertiary/aromatic N) is 2. The summed E-state index contributed by atoms with van der Waals surface area (Å²) in [7, 11) is -3.82. The van der Waals surface area contributed by atoms with Crippen LogP contribution in [0.4, 0.5) is 0 Å². The Morgan fingerprint density at radius 2 is 1.75 bits per heavy atom. The van der Waals surface area contributed by atoms with Crippen molar-refractivity contribution < 1.29 is 13.2 Å². The van der Waals surface area contributed by atoms with Gasteiger partial charge in [0.2, 0.25) is 15.9 Å². The van der Waals surface area contributed by atoms with Crippen LogP contribution in [0.15, 0.2) is 53.4 Å². The van der Waals surface area contributed by atoms with Crippen molar-refractivity contribution in [2.75, 3.05) is 19.6 Å².